The van der Waals surface area contributed by atoms with Crippen molar-refractivity contribution in [1.29, 1.82) is 0 Å². The predicted octanol–water partition coefficient (Wildman–Crippen LogP) is 2.77. The van der Waals surface area contributed by atoms with E-state index >= 15 is 0 Å². The van der Waals surface area contributed by atoms with E-state index in [-0.39, 0.29) is 11.7 Å². The van der Waals surface area contributed by atoms with Crippen LogP contribution in [0.15, 0.2) is 30.3 Å². The van der Waals surface area contributed by atoms with E-state index in [0.29, 0.717) is 23.1 Å². The fourth-order valence-corrected chi connectivity index (χ4v) is 1.58. The Morgan fingerprint density at radius 1 is 1.16 bits per heavy atom. The first-order valence-electron chi connectivity index (χ1n) is 5.96. The molecule has 5 nitrogen and oxygen atoms in total. The van der Waals surface area contributed by atoms with Crippen LogP contribution in [0.5, 0.6) is 0 Å². The SMILES string of the molecule is CC(C)c1nc(NN)cc(Nc2cccc(F)c2)n1. The molecule has 0 atom stereocenters. The summed E-state index contributed by atoms with van der Waals surface area (Å²) in [5.41, 5.74) is 3.12. The third-order valence-electron chi connectivity index (χ3n) is 2.50. The lowest BCUT2D eigenvalue weighted by Crippen LogP contribution is -2.12. The van der Waals surface area contributed by atoms with Gasteiger partial charge in [0.2, 0.25) is 0 Å². The van der Waals surface area contributed by atoms with Crippen LogP contribution >= 0.6 is 0 Å². The average Bonchev–Trinajstić information content (AvgIpc) is 2.38. The Kier molecular flexibility index (Phi) is 3.91. The standard InChI is InChI=1S/C13H16FN5/c1-8(2)13-17-11(7-12(18-13)19-15)16-10-5-3-4-9(14)6-10/h3-8H,15H2,1-2H3,(H2,16,17,18,19). The molecule has 6 heteroatoms. The van der Waals surface area contributed by atoms with E-state index in [0.717, 1.165) is 0 Å². The maximum absolute atomic E-state index is 13.1. The van der Waals surface area contributed by atoms with E-state index in [2.05, 4.69) is 20.7 Å². The topological polar surface area (TPSA) is 75.9 Å². The van der Waals surface area contributed by atoms with Crippen LogP contribution in [-0.2, 0) is 0 Å². The molecule has 19 heavy (non-hydrogen) atoms. The highest BCUT2D eigenvalue weighted by molar-refractivity contribution is 5.59. The zero-order valence-electron chi connectivity index (χ0n) is 10.8. The fraction of sp³-hybridized carbons (Fsp3) is 0.231. The fourth-order valence-electron chi connectivity index (χ4n) is 1.58. The van der Waals surface area contributed by atoms with Gasteiger partial charge in [0.25, 0.3) is 0 Å². The summed E-state index contributed by atoms with van der Waals surface area (Å²) in [5, 5.41) is 3.03. The number of benzene rings is 1. The van der Waals surface area contributed by atoms with Gasteiger partial charge in [-0.15, -0.1) is 0 Å². The lowest BCUT2D eigenvalue weighted by Gasteiger charge is -2.11. The molecule has 0 aliphatic carbocycles. The van der Waals surface area contributed by atoms with Crippen molar-refractivity contribution in [3.05, 3.63) is 42.0 Å². The van der Waals surface area contributed by atoms with Crippen LogP contribution in [0.3, 0.4) is 0 Å². The van der Waals surface area contributed by atoms with Gasteiger partial charge < -0.3 is 10.7 Å². The second-order valence-electron chi connectivity index (χ2n) is 4.43. The Morgan fingerprint density at radius 3 is 2.53 bits per heavy atom. The Labute approximate surface area is 111 Å². The molecule has 1 heterocycles. The van der Waals surface area contributed by atoms with Crippen molar-refractivity contribution >= 4 is 17.3 Å². The van der Waals surface area contributed by atoms with Crippen molar-refractivity contribution in [1.82, 2.24) is 9.97 Å². The molecule has 0 amide bonds. The van der Waals surface area contributed by atoms with Crippen LogP contribution in [0.4, 0.5) is 21.7 Å². The normalized spacial score (nSPS) is 10.6. The van der Waals surface area contributed by atoms with Crippen LogP contribution in [0.25, 0.3) is 0 Å². The molecule has 0 saturated heterocycles. The number of nitrogens with two attached hydrogens (primary N) is 1. The van der Waals surface area contributed by atoms with Gasteiger partial charge in [-0.1, -0.05) is 19.9 Å². The highest BCUT2D eigenvalue weighted by Gasteiger charge is 2.08. The second-order valence-corrected chi connectivity index (χ2v) is 4.43. The third-order valence-corrected chi connectivity index (χ3v) is 2.50. The van der Waals surface area contributed by atoms with Gasteiger partial charge in [-0.05, 0) is 18.2 Å². The first-order chi connectivity index (χ1) is 9.08. The van der Waals surface area contributed by atoms with Crippen LogP contribution < -0.4 is 16.6 Å². The van der Waals surface area contributed by atoms with Gasteiger partial charge in [-0.25, -0.2) is 20.2 Å². The number of hydrogen-bond acceptors (Lipinski definition) is 5. The summed E-state index contributed by atoms with van der Waals surface area (Å²) in [6.45, 7) is 3.98. The minimum absolute atomic E-state index is 0.168. The molecule has 0 spiro atoms. The number of hydrazine groups is 1. The van der Waals surface area contributed by atoms with Crippen LogP contribution in [-0.4, -0.2) is 9.97 Å². The minimum atomic E-state index is -0.305. The number of halogens is 1. The molecule has 4 N–H and O–H groups in total. The summed E-state index contributed by atoms with van der Waals surface area (Å²) < 4.78 is 13.1. The molecule has 0 unspecified atom stereocenters. The summed E-state index contributed by atoms with van der Waals surface area (Å²) in [6, 6.07) is 7.83. The van der Waals surface area contributed by atoms with Crippen LogP contribution in [0, 0.1) is 5.82 Å². The number of nitrogens with zero attached hydrogens (tertiary/aromatic N) is 2. The molecule has 1 aromatic heterocycles. The van der Waals surface area contributed by atoms with Crippen molar-refractivity contribution in [2.45, 2.75) is 19.8 Å². The van der Waals surface area contributed by atoms with E-state index in [4.69, 9.17) is 5.84 Å². The number of nitrogens with one attached hydrogen (secondary N) is 2. The van der Waals surface area contributed by atoms with Crippen molar-refractivity contribution < 1.29 is 4.39 Å². The Hall–Kier alpha value is -2.21. The highest BCUT2D eigenvalue weighted by Crippen LogP contribution is 2.20. The Bertz CT molecular complexity index is 571. The maximum atomic E-state index is 13.1. The van der Waals surface area contributed by atoms with E-state index < -0.39 is 0 Å². The smallest absolute Gasteiger partial charge is 0.145 e. The Morgan fingerprint density at radius 2 is 1.89 bits per heavy atom. The molecule has 2 rings (SSSR count). The van der Waals surface area contributed by atoms with Crippen LogP contribution in [0.2, 0.25) is 0 Å². The van der Waals surface area contributed by atoms with E-state index in [9.17, 15) is 4.39 Å². The van der Waals surface area contributed by atoms with E-state index in [1.54, 1.807) is 18.2 Å². The molecule has 0 saturated carbocycles. The molecule has 0 radical (unpaired) electrons. The van der Waals surface area contributed by atoms with E-state index in [1.165, 1.54) is 12.1 Å². The van der Waals surface area contributed by atoms with Gasteiger partial charge in [0.05, 0.1) is 0 Å². The lowest BCUT2D eigenvalue weighted by atomic mass is 10.2. The molecular weight excluding hydrogens is 245 g/mol. The largest absolute Gasteiger partial charge is 0.340 e. The quantitative estimate of drug-likeness (QED) is 0.583. The zero-order chi connectivity index (χ0) is 13.8. The summed E-state index contributed by atoms with van der Waals surface area (Å²) in [5.74, 6) is 6.98. The van der Waals surface area contributed by atoms with Gasteiger partial charge in [0.1, 0.15) is 23.3 Å². The highest BCUT2D eigenvalue weighted by atomic mass is 19.1. The number of anilines is 3. The second kappa shape index (κ2) is 5.62. The van der Waals surface area contributed by atoms with Gasteiger partial charge in [-0.3, -0.25) is 0 Å². The van der Waals surface area contributed by atoms with Gasteiger partial charge in [0, 0.05) is 17.7 Å². The number of aromatic nitrogens is 2. The van der Waals surface area contributed by atoms with Crippen molar-refractivity contribution in [2.24, 2.45) is 5.84 Å². The van der Waals surface area contributed by atoms with Crippen molar-refractivity contribution in [3.8, 4) is 0 Å². The number of rotatable bonds is 4. The Balaban J connectivity index is 2.31. The molecule has 100 valence electrons. The number of hydrogen-bond donors (Lipinski definition) is 3. The summed E-state index contributed by atoms with van der Waals surface area (Å²) >= 11 is 0. The molecule has 0 aliphatic heterocycles. The van der Waals surface area contributed by atoms with Gasteiger partial charge in [-0.2, -0.15) is 0 Å². The first-order valence-corrected chi connectivity index (χ1v) is 5.96. The third kappa shape index (κ3) is 3.38. The van der Waals surface area contributed by atoms with Gasteiger partial charge >= 0.3 is 0 Å². The molecule has 1 aromatic carbocycles. The monoisotopic (exact) mass is 261 g/mol. The summed E-state index contributed by atoms with van der Waals surface area (Å²) in [6.07, 6.45) is 0. The predicted molar refractivity (Wildman–Crippen MR) is 73.6 cm³/mol. The van der Waals surface area contributed by atoms with Gasteiger partial charge in [0.15, 0.2) is 0 Å². The van der Waals surface area contributed by atoms with Crippen LogP contribution in [0.1, 0.15) is 25.6 Å². The van der Waals surface area contributed by atoms with Crippen molar-refractivity contribution in [3.63, 3.8) is 0 Å². The number of nitrogen functional groups attached to an aromatic ring is 1. The summed E-state index contributed by atoms with van der Waals surface area (Å²) in [7, 11) is 0. The lowest BCUT2D eigenvalue weighted by molar-refractivity contribution is 0.628. The summed E-state index contributed by atoms with van der Waals surface area (Å²) in [4.78, 5) is 8.61. The molecular formula is C13H16FN5. The van der Waals surface area contributed by atoms with E-state index in [1.807, 2.05) is 13.8 Å². The average molecular weight is 261 g/mol. The van der Waals surface area contributed by atoms with Crippen molar-refractivity contribution in [2.75, 3.05) is 10.7 Å². The maximum Gasteiger partial charge on any atom is 0.145 e. The molecule has 0 aliphatic rings. The molecule has 2 aromatic rings. The zero-order valence-corrected chi connectivity index (χ0v) is 10.8. The first kappa shape index (κ1) is 13.2. The molecule has 0 bridgehead atoms. The minimum Gasteiger partial charge on any atom is -0.340 e. The molecule has 0 fully saturated rings.